The van der Waals surface area contributed by atoms with Gasteiger partial charge in [0.05, 0.1) is 6.61 Å². The van der Waals surface area contributed by atoms with Crippen LogP contribution >= 0.6 is 11.8 Å². The highest BCUT2D eigenvalue weighted by atomic mass is 32.2. The minimum absolute atomic E-state index is 0.192. The van der Waals surface area contributed by atoms with Gasteiger partial charge >= 0.3 is 5.97 Å². The zero-order valence-corrected chi connectivity index (χ0v) is 13.2. The molecule has 116 valence electrons. The summed E-state index contributed by atoms with van der Waals surface area (Å²) in [5.41, 5.74) is 0. The molecule has 0 saturated carbocycles. The predicted molar refractivity (Wildman–Crippen MR) is 82.3 cm³/mol. The fourth-order valence-corrected chi connectivity index (χ4v) is 2.97. The molecule has 0 fully saturated rings. The van der Waals surface area contributed by atoms with Gasteiger partial charge in [0.2, 0.25) is 0 Å². The highest BCUT2D eigenvalue weighted by molar-refractivity contribution is 7.99. The Bertz CT molecular complexity index is 481. The second-order valence-corrected chi connectivity index (χ2v) is 5.70. The summed E-state index contributed by atoms with van der Waals surface area (Å²) in [4.78, 5) is 12.8. The van der Waals surface area contributed by atoms with Crippen molar-refractivity contribution in [1.82, 2.24) is 5.32 Å². The summed E-state index contributed by atoms with van der Waals surface area (Å²) >= 11 is 1.69. The Morgan fingerprint density at radius 3 is 2.86 bits per heavy atom. The van der Waals surface area contributed by atoms with Gasteiger partial charge in [-0.2, -0.15) is 0 Å². The van der Waals surface area contributed by atoms with Crippen LogP contribution < -0.4 is 14.8 Å². The minimum atomic E-state index is -0.255. The molecule has 0 bridgehead atoms. The second kappa shape index (κ2) is 8.14. The quantitative estimate of drug-likeness (QED) is 0.615. The Balaban J connectivity index is 1.84. The molecule has 0 radical (unpaired) electrons. The molecular formula is C15H21NO4S. The average molecular weight is 311 g/mol. The smallest absolute Gasteiger partial charge is 0.323 e. The van der Waals surface area contributed by atoms with Gasteiger partial charge in [-0.25, -0.2) is 0 Å². The highest BCUT2D eigenvalue weighted by Crippen LogP contribution is 2.34. The normalized spacial score (nSPS) is 14.6. The largest absolute Gasteiger partial charge is 0.486 e. The number of likely N-dealkylation sites (N-methyl/N-ethyl adjacent to an activating group) is 1. The van der Waals surface area contributed by atoms with E-state index >= 15 is 0 Å². The van der Waals surface area contributed by atoms with Crippen molar-refractivity contribution in [1.29, 1.82) is 0 Å². The van der Waals surface area contributed by atoms with Crippen LogP contribution in [0, 0.1) is 0 Å². The van der Waals surface area contributed by atoms with E-state index in [2.05, 4.69) is 5.32 Å². The van der Waals surface area contributed by atoms with Gasteiger partial charge < -0.3 is 19.5 Å². The number of rotatable bonds is 7. The number of nitrogens with one attached hydrogen (secondary N) is 1. The maximum absolute atomic E-state index is 11.7. The van der Waals surface area contributed by atoms with Crippen LogP contribution in [0.2, 0.25) is 0 Å². The topological polar surface area (TPSA) is 56.8 Å². The van der Waals surface area contributed by atoms with Crippen molar-refractivity contribution in [2.24, 2.45) is 0 Å². The number of hydrogen-bond donors (Lipinski definition) is 1. The lowest BCUT2D eigenvalue weighted by atomic mass is 10.2. The third-order valence-corrected chi connectivity index (χ3v) is 4.14. The molecule has 1 aliphatic rings. The number of hydrogen-bond acceptors (Lipinski definition) is 6. The van der Waals surface area contributed by atoms with Gasteiger partial charge in [0, 0.05) is 10.6 Å². The molecule has 0 amide bonds. The number of thioether (sulfide) groups is 1. The molecule has 21 heavy (non-hydrogen) atoms. The number of benzene rings is 1. The molecule has 1 aromatic carbocycles. The van der Waals surface area contributed by atoms with E-state index in [4.69, 9.17) is 14.2 Å². The summed E-state index contributed by atoms with van der Waals surface area (Å²) < 4.78 is 16.1. The Morgan fingerprint density at radius 1 is 1.38 bits per heavy atom. The Hall–Kier alpha value is -1.40. The molecule has 0 aromatic heterocycles. The van der Waals surface area contributed by atoms with E-state index in [9.17, 15) is 4.79 Å². The third-order valence-electron chi connectivity index (χ3n) is 3.11. The first-order valence-electron chi connectivity index (χ1n) is 7.11. The summed E-state index contributed by atoms with van der Waals surface area (Å²) in [7, 11) is 1.77. The number of carbonyl (C=O) groups excluding carboxylic acids is 1. The van der Waals surface area contributed by atoms with E-state index in [1.165, 1.54) is 0 Å². The second-order valence-electron chi connectivity index (χ2n) is 4.54. The maximum atomic E-state index is 11.7. The minimum Gasteiger partial charge on any atom is -0.486 e. The standard InChI is InChI=1S/C15H21NO4S/c1-3-18-15(17)12(16-2)6-9-21-11-4-5-13-14(10-11)20-8-7-19-13/h4-5,10,12,16H,3,6-9H2,1-2H3. The summed E-state index contributed by atoms with van der Waals surface area (Å²) in [5.74, 6) is 2.22. The first-order valence-corrected chi connectivity index (χ1v) is 8.09. The SMILES string of the molecule is CCOC(=O)C(CCSc1ccc2c(c1)OCCO2)NC. The van der Waals surface area contributed by atoms with Crippen molar-refractivity contribution < 1.29 is 19.0 Å². The molecule has 1 aliphatic heterocycles. The van der Waals surface area contributed by atoms with Crippen molar-refractivity contribution in [2.45, 2.75) is 24.3 Å². The van der Waals surface area contributed by atoms with E-state index in [-0.39, 0.29) is 12.0 Å². The summed E-state index contributed by atoms with van der Waals surface area (Å²) in [6.45, 7) is 3.41. The Kier molecular flexibility index (Phi) is 6.20. The molecule has 0 aliphatic carbocycles. The molecule has 0 saturated heterocycles. The van der Waals surface area contributed by atoms with Gasteiger partial charge in [-0.15, -0.1) is 11.8 Å². The van der Waals surface area contributed by atoms with Crippen molar-refractivity contribution in [3.05, 3.63) is 18.2 Å². The first-order chi connectivity index (χ1) is 10.2. The van der Waals surface area contributed by atoms with Crippen molar-refractivity contribution in [3.63, 3.8) is 0 Å². The van der Waals surface area contributed by atoms with Crippen LogP contribution in [0.1, 0.15) is 13.3 Å². The highest BCUT2D eigenvalue weighted by Gasteiger charge is 2.17. The lowest BCUT2D eigenvalue weighted by Crippen LogP contribution is -2.36. The van der Waals surface area contributed by atoms with Gasteiger partial charge in [0.15, 0.2) is 11.5 Å². The van der Waals surface area contributed by atoms with Gasteiger partial charge in [-0.05, 0) is 38.6 Å². The van der Waals surface area contributed by atoms with Crippen LogP contribution in [0.4, 0.5) is 0 Å². The maximum Gasteiger partial charge on any atom is 0.323 e. The zero-order chi connectivity index (χ0) is 15.1. The van der Waals surface area contributed by atoms with Crippen molar-refractivity contribution >= 4 is 17.7 Å². The van der Waals surface area contributed by atoms with Crippen LogP contribution in [-0.2, 0) is 9.53 Å². The molecule has 1 heterocycles. The number of carbonyl (C=O) groups is 1. The fourth-order valence-electron chi connectivity index (χ4n) is 2.03. The first kappa shape index (κ1) is 16.0. The monoisotopic (exact) mass is 311 g/mol. The Morgan fingerprint density at radius 2 is 2.14 bits per heavy atom. The van der Waals surface area contributed by atoms with Gasteiger partial charge in [0.25, 0.3) is 0 Å². The van der Waals surface area contributed by atoms with Crippen LogP contribution in [0.3, 0.4) is 0 Å². The van der Waals surface area contributed by atoms with Crippen LogP contribution in [-0.4, -0.2) is 44.6 Å². The van der Waals surface area contributed by atoms with Crippen molar-refractivity contribution in [3.8, 4) is 11.5 Å². The van der Waals surface area contributed by atoms with E-state index in [1.54, 1.807) is 18.8 Å². The van der Waals surface area contributed by atoms with Crippen LogP contribution in [0.5, 0.6) is 11.5 Å². The average Bonchev–Trinajstić information content (AvgIpc) is 2.51. The number of fused-ring (bicyclic) bond motifs is 1. The molecular weight excluding hydrogens is 290 g/mol. The summed E-state index contributed by atoms with van der Waals surface area (Å²) in [6.07, 6.45) is 0.717. The molecule has 6 heteroatoms. The number of esters is 1. The Labute approximate surface area is 129 Å². The fraction of sp³-hybridized carbons (Fsp3) is 0.533. The predicted octanol–water partition coefficient (Wildman–Crippen LogP) is 2.09. The van der Waals surface area contributed by atoms with Gasteiger partial charge in [-0.3, -0.25) is 4.79 Å². The molecule has 1 aromatic rings. The van der Waals surface area contributed by atoms with Gasteiger partial charge in [0.1, 0.15) is 19.3 Å². The molecule has 0 spiro atoms. The van der Waals surface area contributed by atoms with Crippen LogP contribution in [0.25, 0.3) is 0 Å². The summed E-state index contributed by atoms with van der Waals surface area (Å²) in [6, 6.07) is 5.67. The third kappa shape index (κ3) is 4.54. The molecule has 2 rings (SSSR count). The molecule has 1 atom stereocenters. The van der Waals surface area contributed by atoms with Crippen molar-refractivity contribution in [2.75, 3.05) is 32.6 Å². The van der Waals surface area contributed by atoms with E-state index in [1.807, 2.05) is 25.1 Å². The lowest BCUT2D eigenvalue weighted by Gasteiger charge is -2.19. The molecule has 1 N–H and O–H groups in total. The molecule has 1 unspecified atom stereocenters. The van der Waals surface area contributed by atoms with E-state index < -0.39 is 0 Å². The number of ether oxygens (including phenoxy) is 3. The van der Waals surface area contributed by atoms with Crippen LogP contribution in [0.15, 0.2) is 23.1 Å². The van der Waals surface area contributed by atoms with E-state index in [0.29, 0.717) is 26.2 Å². The zero-order valence-electron chi connectivity index (χ0n) is 12.4. The lowest BCUT2D eigenvalue weighted by molar-refractivity contribution is -0.145. The van der Waals surface area contributed by atoms with E-state index in [0.717, 1.165) is 22.1 Å². The molecule has 5 nitrogen and oxygen atoms in total. The summed E-state index contributed by atoms with van der Waals surface area (Å²) in [5, 5.41) is 2.99. The van der Waals surface area contributed by atoms with Gasteiger partial charge in [-0.1, -0.05) is 0 Å².